The van der Waals surface area contributed by atoms with Crippen LogP contribution in [0.4, 0.5) is 15.8 Å². The fourth-order valence-electron chi connectivity index (χ4n) is 1.64. The number of ether oxygens (including phenoxy) is 1. The number of halogens is 3. The van der Waals surface area contributed by atoms with E-state index in [4.69, 9.17) is 16.3 Å². The Balaban J connectivity index is 2.38. The fraction of sp³-hybridized carbons (Fsp3) is 0.143. The van der Waals surface area contributed by atoms with E-state index in [1.807, 2.05) is 0 Å². The zero-order valence-electron chi connectivity index (χ0n) is 11.0. The van der Waals surface area contributed by atoms with Crippen LogP contribution < -0.4 is 5.32 Å². The van der Waals surface area contributed by atoms with Gasteiger partial charge in [0.25, 0.3) is 0 Å². The van der Waals surface area contributed by atoms with Gasteiger partial charge in [-0.1, -0.05) is 27.5 Å². The van der Waals surface area contributed by atoms with Crippen molar-refractivity contribution in [3.05, 3.63) is 51.5 Å². The Morgan fingerprint density at radius 3 is 2.86 bits per heavy atom. The van der Waals surface area contributed by atoms with Crippen LogP contribution in [-0.4, -0.2) is 17.6 Å². The molecule has 0 aliphatic rings. The van der Waals surface area contributed by atoms with Crippen molar-refractivity contribution in [3.63, 3.8) is 0 Å². The molecule has 0 atom stereocenters. The van der Waals surface area contributed by atoms with Gasteiger partial charge >= 0.3 is 5.97 Å². The molecule has 1 N–H and O–H groups in total. The number of carbonyl (C=O) groups excluding carboxylic acids is 1. The van der Waals surface area contributed by atoms with Crippen molar-refractivity contribution < 1.29 is 13.9 Å². The van der Waals surface area contributed by atoms with Gasteiger partial charge in [0.2, 0.25) is 0 Å². The van der Waals surface area contributed by atoms with E-state index in [0.29, 0.717) is 10.2 Å². The summed E-state index contributed by atoms with van der Waals surface area (Å²) in [6.45, 7) is 1.93. The van der Waals surface area contributed by atoms with Gasteiger partial charge < -0.3 is 10.1 Å². The molecule has 0 unspecified atom stereocenters. The molecule has 0 fully saturated rings. The Morgan fingerprint density at radius 2 is 2.19 bits per heavy atom. The van der Waals surface area contributed by atoms with Gasteiger partial charge in [-0.3, -0.25) is 0 Å². The monoisotopic (exact) mass is 372 g/mol. The van der Waals surface area contributed by atoms with Gasteiger partial charge in [0, 0.05) is 10.7 Å². The first kappa shape index (κ1) is 15.7. The van der Waals surface area contributed by atoms with E-state index in [1.54, 1.807) is 19.1 Å². The molecule has 2 aromatic rings. The van der Waals surface area contributed by atoms with E-state index in [1.165, 1.54) is 18.3 Å². The molecule has 110 valence electrons. The number of hydrogen-bond donors (Lipinski definition) is 1. The van der Waals surface area contributed by atoms with E-state index < -0.39 is 11.8 Å². The molecule has 0 radical (unpaired) electrons. The summed E-state index contributed by atoms with van der Waals surface area (Å²) < 4.78 is 19.4. The lowest BCUT2D eigenvalue weighted by atomic mass is 10.2. The number of carbonyl (C=O) groups is 1. The first-order valence-electron chi connectivity index (χ1n) is 6.06. The SMILES string of the molecule is CCOC(=O)c1cnc(Cl)cc1Nc1ccc(Br)cc1F. The fourth-order valence-corrected chi connectivity index (χ4v) is 2.13. The van der Waals surface area contributed by atoms with Crippen molar-refractivity contribution in [1.82, 2.24) is 4.98 Å². The largest absolute Gasteiger partial charge is 0.462 e. The van der Waals surface area contributed by atoms with Crippen molar-refractivity contribution in [2.24, 2.45) is 0 Å². The zero-order chi connectivity index (χ0) is 15.4. The van der Waals surface area contributed by atoms with E-state index >= 15 is 0 Å². The van der Waals surface area contributed by atoms with Crippen LogP contribution in [0.25, 0.3) is 0 Å². The summed E-state index contributed by atoms with van der Waals surface area (Å²) in [5.41, 5.74) is 0.726. The van der Waals surface area contributed by atoms with E-state index in [9.17, 15) is 9.18 Å². The molecule has 1 aromatic heterocycles. The second-order valence-corrected chi connectivity index (χ2v) is 5.33. The van der Waals surface area contributed by atoms with Crippen molar-refractivity contribution in [3.8, 4) is 0 Å². The number of pyridine rings is 1. The van der Waals surface area contributed by atoms with Crippen LogP contribution in [0.2, 0.25) is 5.15 Å². The Kier molecular flexibility index (Phi) is 5.14. The number of hydrogen-bond acceptors (Lipinski definition) is 4. The van der Waals surface area contributed by atoms with E-state index in [-0.39, 0.29) is 23.0 Å². The van der Waals surface area contributed by atoms with Gasteiger partial charge in [0.1, 0.15) is 16.5 Å². The van der Waals surface area contributed by atoms with E-state index in [0.717, 1.165) is 0 Å². The van der Waals surface area contributed by atoms with Crippen LogP contribution in [0.5, 0.6) is 0 Å². The Morgan fingerprint density at radius 1 is 1.43 bits per heavy atom. The summed E-state index contributed by atoms with van der Waals surface area (Å²) in [5.74, 6) is -1.02. The summed E-state index contributed by atoms with van der Waals surface area (Å²) >= 11 is 9.00. The van der Waals surface area contributed by atoms with E-state index in [2.05, 4.69) is 26.2 Å². The summed E-state index contributed by atoms with van der Waals surface area (Å²) in [6, 6.07) is 5.98. The summed E-state index contributed by atoms with van der Waals surface area (Å²) in [6.07, 6.45) is 1.29. The van der Waals surface area contributed by atoms with Crippen molar-refractivity contribution in [2.45, 2.75) is 6.92 Å². The molecule has 4 nitrogen and oxygen atoms in total. The smallest absolute Gasteiger partial charge is 0.341 e. The predicted molar refractivity (Wildman–Crippen MR) is 82.6 cm³/mol. The number of esters is 1. The third-order valence-corrected chi connectivity index (χ3v) is 3.27. The van der Waals surface area contributed by atoms with Crippen molar-refractivity contribution >= 4 is 44.9 Å². The number of aromatic nitrogens is 1. The molecule has 0 aliphatic carbocycles. The third-order valence-electron chi connectivity index (χ3n) is 2.57. The van der Waals surface area contributed by atoms with Crippen LogP contribution >= 0.6 is 27.5 Å². The summed E-state index contributed by atoms with van der Waals surface area (Å²) in [7, 11) is 0. The van der Waals surface area contributed by atoms with Gasteiger partial charge in [-0.25, -0.2) is 14.2 Å². The van der Waals surface area contributed by atoms with Gasteiger partial charge in [-0.05, 0) is 31.2 Å². The number of rotatable bonds is 4. The summed E-state index contributed by atoms with van der Waals surface area (Å²) in [5, 5.41) is 3.01. The molecule has 0 aliphatic heterocycles. The summed E-state index contributed by atoms with van der Waals surface area (Å²) in [4.78, 5) is 15.7. The molecule has 0 bridgehead atoms. The lowest BCUT2D eigenvalue weighted by molar-refractivity contribution is 0.0527. The molecular formula is C14H11BrClFN2O2. The third kappa shape index (κ3) is 3.92. The maximum absolute atomic E-state index is 13.9. The maximum Gasteiger partial charge on any atom is 0.341 e. The second-order valence-electron chi connectivity index (χ2n) is 4.02. The highest BCUT2D eigenvalue weighted by Crippen LogP contribution is 2.27. The average Bonchev–Trinajstić information content (AvgIpc) is 2.42. The standard InChI is InChI=1S/C14H11BrClFN2O2/c1-2-21-14(20)9-7-18-13(16)6-12(9)19-11-4-3-8(15)5-10(11)17/h3-7H,2H2,1H3,(H,18,19). The van der Waals surface area contributed by atoms with Gasteiger partial charge in [-0.15, -0.1) is 0 Å². The molecule has 0 saturated carbocycles. The van der Waals surface area contributed by atoms with Crippen molar-refractivity contribution in [1.29, 1.82) is 0 Å². The number of benzene rings is 1. The van der Waals surface area contributed by atoms with Crippen LogP contribution in [0, 0.1) is 5.82 Å². The molecule has 2 rings (SSSR count). The molecule has 1 heterocycles. The minimum atomic E-state index is -0.554. The highest BCUT2D eigenvalue weighted by molar-refractivity contribution is 9.10. The highest BCUT2D eigenvalue weighted by atomic mass is 79.9. The van der Waals surface area contributed by atoms with Crippen molar-refractivity contribution in [2.75, 3.05) is 11.9 Å². The Hall–Kier alpha value is -1.66. The first-order valence-corrected chi connectivity index (χ1v) is 7.23. The number of anilines is 2. The number of nitrogens with zero attached hydrogens (tertiary/aromatic N) is 1. The molecule has 7 heteroatoms. The average molecular weight is 374 g/mol. The quantitative estimate of drug-likeness (QED) is 0.631. The van der Waals surface area contributed by atoms with Crippen LogP contribution in [0.15, 0.2) is 34.9 Å². The second kappa shape index (κ2) is 6.87. The van der Waals surface area contributed by atoms with Crippen LogP contribution in [0.1, 0.15) is 17.3 Å². The normalized spacial score (nSPS) is 10.3. The Labute approximate surface area is 134 Å². The van der Waals surface area contributed by atoms with Gasteiger partial charge in [-0.2, -0.15) is 0 Å². The number of nitrogens with one attached hydrogen (secondary N) is 1. The predicted octanol–water partition coefficient (Wildman–Crippen LogP) is 4.56. The Bertz CT molecular complexity index is 682. The maximum atomic E-state index is 13.9. The molecule has 0 amide bonds. The van der Waals surface area contributed by atoms with Crippen LogP contribution in [-0.2, 0) is 4.74 Å². The van der Waals surface area contributed by atoms with Crippen LogP contribution in [0.3, 0.4) is 0 Å². The molecule has 21 heavy (non-hydrogen) atoms. The van der Waals surface area contributed by atoms with Gasteiger partial charge in [0.05, 0.1) is 18.0 Å². The molecular weight excluding hydrogens is 363 g/mol. The lowest BCUT2D eigenvalue weighted by Gasteiger charge is -2.12. The topological polar surface area (TPSA) is 51.2 Å². The van der Waals surface area contributed by atoms with Gasteiger partial charge in [0.15, 0.2) is 0 Å². The molecule has 1 aromatic carbocycles. The minimum absolute atomic E-state index is 0.183. The lowest BCUT2D eigenvalue weighted by Crippen LogP contribution is -2.09. The zero-order valence-corrected chi connectivity index (χ0v) is 13.3. The highest BCUT2D eigenvalue weighted by Gasteiger charge is 2.15. The molecule has 0 saturated heterocycles. The molecule has 0 spiro atoms. The minimum Gasteiger partial charge on any atom is -0.462 e. The first-order chi connectivity index (χ1) is 10.0.